The van der Waals surface area contributed by atoms with Gasteiger partial charge in [0, 0.05) is 38.2 Å². The third-order valence-corrected chi connectivity index (χ3v) is 12.5. The van der Waals surface area contributed by atoms with Gasteiger partial charge in [0.25, 0.3) is 0 Å². The zero-order chi connectivity index (χ0) is 29.4. The number of ether oxygens (including phenoxy) is 2. The number of ketones is 1. The van der Waals surface area contributed by atoms with Crippen LogP contribution in [0.25, 0.3) is 0 Å². The highest BCUT2D eigenvalue weighted by Crippen LogP contribution is 2.87. The maximum atomic E-state index is 13.9. The summed E-state index contributed by atoms with van der Waals surface area (Å²) in [5, 5.41) is 22.9. The van der Waals surface area contributed by atoms with Gasteiger partial charge in [-0.25, -0.2) is 0 Å². The zero-order valence-electron chi connectivity index (χ0n) is 24.7. The number of carbonyl (C=O) groups is 3. The molecule has 0 bridgehead atoms. The molecule has 40 heavy (non-hydrogen) atoms. The van der Waals surface area contributed by atoms with Gasteiger partial charge in [-0.1, -0.05) is 45.5 Å². The maximum Gasteiger partial charge on any atom is 0.303 e. The Bertz CT molecular complexity index is 1190. The van der Waals surface area contributed by atoms with Crippen molar-refractivity contribution in [1.29, 1.82) is 0 Å². The first kappa shape index (κ1) is 29.0. The molecule has 1 unspecified atom stereocenters. The molecule has 0 aromatic rings. The SMILES string of the molecule is C=C(C(=O)[C@H](OC(C)=O)C1[C@@H](OC(C)=O)C[C@@]2(C)[C@@H]3CC[C@H]4[C@H](C)/C(=N\O)C=C[C@@]45C[C@@]35CC[C@]12C)[C@@H](C)CO. The number of Topliss-reactive ketones (excluding diaryl/α,β-unsaturated/α-hetero) is 1. The Hall–Kier alpha value is -2.48. The molecule has 0 radical (unpaired) electrons. The lowest BCUT2D eigenvalue weighted by molar-refractivity contribution is -0.172. The summed E-state index contributed by atoms with van der Waals surface area (Å²) in [4.78, 5) is 38.7. The molecule has 4 saturated carbocycles. The summed E-state index contributed by atoms with van der Waals surface area (Å²) >= 11 is 0. The Morgan fingerprint density at radius 2 is 1.85 bits per heavy atom. The first-order chi connectivity index (χ1) is 18.7. The van der Waals surface area contributed by atoms with Crippen molar-refractivity contribution in [3.05, 3.63) is 24.3 Å². The molecule has 220 valence electrons. The van der Waals surface area contributed by atoms with Gasteiger partial charge in [-0.15, -0.1) is 0 Å². The molecule has 2 spiro atoms. The maximum absolute atomic E-state index is 13.9. The van der Waals surface area contributed by atoms with Crippen molar-refractivity contribution in [2.45, 2.75) is 92.3 Å². The number of aliphatic hydroxyl groups excluding tert-OH is 1. The second-order valence-corrected chi connectivity index (χ2v) is 14.0. The first-order valence-corrected chi connectivity index (χ1v) is 14.8. The molecule has 5 aliphatic carbocycles. The lowest BCUT2D eigenvalue weighted by atomic mass is 9.43. The Balaban J connectivity index is 1.57. The number of oxime groups is 1. The zero-order valence-corrected chi connectivity index (χ0v) is 24.7. The van der Waals surface area contributed by atoms with Crippen molar-refractivity contribution in [1.82, 2.24) is 0 Å². The monoisotopic (exact) mass is 555 g/mol. The largest absolute Gasteiger partial charge is 0.462 e. The molecule has 8 heteroatoms. The van der Waals surface area contributed by atoms with Gasteiger partial charge in [0.2, 0.25) is 0 Å². The van der Waals surface area contributed by atoms with Crippen LogP contribution in [-0.2, 0) is 23.9 Å². The van der Waals surface area contributed by atoms with Crippen molar-refractivity contribution < 1.29 is 34.2 Å². The van der Waals surface area contributed by atoms with E-state index in [9.17, 15) is 24.7 Å². The lowest BCUT2D eigenvalue weighted by Gasteiger charge is -2.60. The molecule has 5 rings (SSSR count). The minimum Gasteiger partial charge on any atom is -0.462 e. The van der Waals surface area contributed by atoms with Crippen LogP contribution < -0.4 is 0 Å². The number of aliphatic hydroxyl groups is 1. The lowest BCUT2D eigenvalue weighted by Crippen LogP contribution is -2.57. The van der Waals surface area contributed by atoms with E-state index in [1.54, 1.807) is 6.92 Å². The standard InChI is InChI=1S/C32H45NO7/c1-17(15-34)18(2)27(37)28(40-21(5)36)26-24(39-20(4)35)14-30(7)25-9-8-22-19(3)23(33-38)10-11-31(22)16-32(25,31)13-12-29(26,30)6/h10-11,17,19,22,24-26,28,34,38H,2,8-9,12-16H2,1,3-7H3/b33-23-/t17-,19-,22-,24-,25-,26?,28+,29+,30-,31+,32-/m0/s1. The average Bonchev–Trinajstić information content (AvgIpc) is 3.50. The summed E-state index contributed by atoms with van der Waals surface area (Å²) in [6.45, 7) is 14.8. The van der Waals surface area contributed by atoms with Crippen molar-refractivity contribution in [2.75, 3.05) is 6.61 Å². The van der Waals surface area contributed by atoms with E-state index < -0.39 is 47.2 Å². The summed E-state index contributed by atoms with van der Waals surface area (Å²) in [7, 11) is 0. The van der Waals surface area contributed by atoms with Crippen LogP contribution >= 0.6 is 0 Å². The summed E-state index contributed by atoms with van der Waals surface area (Å²) in [5.74, 6) is -1.45. The Kier molecular flexibility index (Phi) is 6.92. The molecule has 0 aromatic heterocycles. The molecule has 8 nitrogen and oxygen atoms in total. The second kappa shape index (κ2) is 9.53. The Morgan fingerprint density at radius 1 is 1.15 bits per heavy atom. The van der Waals surface area contributed by atoms with E-state index in [4.69, 9.17) is 9.47 Å². The summed E-state index contributed by atoms with van der Waals surface area (Å²) < 4.78 is 11.8. The van der Waals surface area contributed by atoms with E-state index in [0.29, 0.717) is 18.3 Å². The van der Waals surface area contributed by atoms with Crippen LogP contribution in [0.2, 0.25) is 0 Å². The summed E-state index contributed by atoms with van der Waals surface area (Å²) in [6, 6.07) is 0. The molecule has 5 aliphatic rings. The topological polar surface area (TPSA) is 122 Å². The normalized spacial score (nSPS) is 45.3. The first-order valence-electron chi connectivity index (χ1n) is 14.8. The van der Waals surface area contributed by atoms with Gasteiger partial charge in [-0.3, -0.25) is 14.4 Å². The number of allylic oxidation sites excluding steroid dienone is 2. The van der Waals surface area contributed by atoms with E-state index >= 15 is 0 Å². The van der Waals surface area contributed by atoms with Gasteiger partial charge in [0.05, 0.1) is 5.71 Å². The molecule has 4 fully saturated rings. The van der Waals surface area contributed by atoms with Gasteiger partial charge in [0.1, 0.15) is 6.10 Å². The van der Waals surface area contributed by atoms with Gasteiger partial charge in [-0.2, -0.15) is 0 Å². The number of carbonyl (C=O) groups excluding carboxylic acids is 3. The molecular formula is C32H45NO7. The average molecular weight is 556 g/mol. The number of fused-ring (bicyclic) bond motifs is 2. The fraction of sp³-hybridized carbons (Fsp3) is 0.750. The van der Waals surface area contributed by atoms with Crippen LogP contribution in [0.3, 0.4) is 0 Å². The van der Waals surface area contributed by atoms with Crippen LogP contribution in [0.15, 0.2) is 29.5 Å². The molecular weight excluding hydrogens is 510 g/mol. The van der Waals surface area contributed by atoms with Gasteiger partial charge in [-0.05, 0) is 83.7 Å². The van der Waals surface area contributed by atoms with Crippen molar-refractivity contribution in [3.63, 3.8) is 0 Å². The number of rotatable bonds is 7. The summed E-state index contributed by atoms with van der Waals surface area (Å²) in [5.41, 5.74) is 0.429. The molecule has 0 saturated heterocycles. The Labute approximate surface area is 237 Å². The predicted octanol–water partition coefficient (Wildman–Crippen LogP) is 4.87. The number of esters is 2. The van der Waals surface area contributed by atoms with Crippen molar-refractivity contribution >= 4 is 23.4 Å². The Morgan fingerprint density at radius 3 is 2.45 bits per heavy atom. The molecule has 0 aliphatic heterocycles. The highest BCUT2D eigenvalue weighted by atomic mass is 16.6. The highest BCUT2D eigenvalue weighted by molar-refractivity contribution is 6.00. The fourth-order valence-corrected chi connectivity index (χ4v) is 10.4. The predicted molar refractivity (Wildman–Crippen MR) is 148 cm³/mol. The van der Waals surface area contributed by atoms with Crippen LogP contribution in [-0.4, -0.2) is 52.6 Å². The second-order valence-electron chi connectivity index (χ2n) is 14.0. The van der Waals surface area contributed by atoms with E-state index in [-0.39, 0.29) is 34.3 Å². The van der Waals surface area contributed by atoms with Crippen LogP contribution in [0.1, 0.15) is 80.1 Å². The van der Waals surface area contributed by atoms with E-state index in [0.717, 1.165) is 37.8 Å². The number of hydrogen-bond donors (Lipinski definition) is 2. The van der Waals surface area contributed by atoms with Crippen molar-refractivity contribution in [3.8, 4) is 0 Å². The quantitative estimate of drug-likeness (QED) is 0.199. The van der Waals surface area contributed by atoms with E-state index in [1.807, 2.05) is 6.08 Å². The van der Waals surface area contributed by atoms with E-state index in [2.05, 4.69) is 38.6 Å². The molecule has 11 atom stereocenters. The van der Waals surface area contributed by atoms with Gasteiger partial charge in [0.15, 0.2) is 11.9 Å². The highest BCUT2D eigenvalue weighted by Gasteiger charge is 2.82. The molecule has 0 amide bonds. The van der Waals surface area contributed by atoms with Crippen LogP contribution in [0.5, 0.6) is 0 Å². The van der Waals surface area contributed by atoms with Gasteiger partial charge < -0.3 is 19.8 Å². The minimum absolute atomic E-state index is 0.0683. The fourth-order valence-electron chi connectivity index (χ4n) is 10.4. The number of nitrogens with zero attached hydrogens (tertiary/aromatic N) is 1. The van der Waals surface area contributed by atoms with Crippen LogP contribution in [0, 0.1) is 51.2 Å². The van der Waals surface area contributed by atoms with Gasteiger partial charge >= 0.3 is 11.9 Å². The molecule has 0 aromatic carbocycles. The summed E-state index contributed by atoms with van der Waals surface area (Å²) in [6.07, 6.45) is 8.09. The van der Waals surface area contributed by atoms with Crippen molar-refractivity contribution in [2.24, 2.45) is 56.4 Å². The third kappa shape index (κ3) is 3.73. The smallest absolute Gasteiger partial charge is 0.303 e. The number of hydrogen-bond acceptors (Lipinski definition) is 8. The van der Waals surface area contributed by atoms with E-state index in [1.165, 1.54) is 13.8 Å². The minimum atomic E-state index is -1.15. The third-order valence-electron chi connectivity index (χ3n) is 12.5. The molecule has 2 N–H and O–H groups in total. The van der Waals surface area contributed by atoms with Crippen LogP contribution in [0.4, 0.5) is 0 Å². The molecule has 0 heterocycles.